The lowest BCUT2D eigenvalue weighted by atomic mass is 9.75. The number of rotatable bonds is 3. The second kappa shape index (κ2) is 6.14. The molecule has 2 fully saturated rings. The smallest absolute Gasteiger partial charge is 0.153 e. The Morgan fingerprint density at radius 2 is 2.05 bits per heavy atom. The average molecular weight is 301 g/mol. The van der Waals surface area contributed by atoms with Crippen LogP contribution in [0.1, 0.15) is 40.0 Å². The van der Waals surface area contributed by atoms with E-state index < -0.39 is 9.84 Å². The molecule has 2 rings (SSSR count). The van der Waals surface area contributed by atoms with Gasteiger partial charge in [-0.05, 0) is 31.6 Å². The van der Waals surface area contributed by atoms with Crippen molar-refractivity contribution in [2.75, 3.05) is 24.6 Å². The molecule has 0 amide bonds. The van der Waals surface area contributed by atoms with Gasteiger partial charge in [-0.3, -0.25) is 9.69 Å². The molecule has 1 aliphatic heterocycles. The van der Waals surface area contributed by atoms with Gasteiger partial charge in [0.2, 0.25) is 0 Å². The van der Waals surface area contributed by atoms with Gasteiger partial charge in [-0.1, -0.05) is 13.8 Å². The van der Waals surface area contributed by atoms with E-state index in [-0.39, 0.29) is 23.5 Å². The van der Waals surface area contributed by atoms with E-state index >= 15 is 0 Å². The highest BCUT2D eigenvalue weighted by Gasteiger charge is 2.35. The van der Waals surface area contributed by atoms with Gasteiger partial charge in [0.05, 0.1) is 11.5 Å². The van der Waals surface area contributed by atoms with Crippen molar-refractivity contribution in [1.82, 2.24) is 4.90 Å². The van der Waals surface area contributed by atoms with Gasteiger partial charge < -0.3 is 0 Å². The molecule has 4 nitrogen and oxygen atoms in total. The van der Waals surface area contributed by atoms with E-state index in [1.807, 2.05) is 6.92 Å². The summed E-state index contributed by atoms with van der Waals surface area (Å²) < 4.78 is 23.2. The molecular weight excluding hydrogens is 274 g/mol. The van der Waals surface area contributed by atoms with E-state index in [4.69, 9.17) is 0 Å². The normalized spacial score (nSPS) is 35.4. The van der Waals surface area contributed by atoms with Crippen LogP contribution in [0.15, 0.2) is 0 Å². The molecule has 3 unspecified atom stereocenters. The van der Waals surface area contributed by atoms with Crippen LogP contribution in [-0.4, -0.2) is 49.7 Å². The lowest BCUT2D eigenvalue weighted by Gasteiger charge is -2.38. The van der Waals surface area contributed by atoms with Crippen LogP contribution in [0.3, 0.4) is 0 Å². The molecule has 1 aliphatic carbocycles. The lowest BCUT2D eigenvalue weighted by Crippen LogP contribution is -2.50. The Balaban J connectivity index is 1.96. The van der Waals surface area contributed by atoms with Crippen molar-refractivity contribution in [3.63, 3.8) is 0 Å². The predicted molar refractivity (Wildman–Crippen MR) is 80.4 cm³/mol. The van der Waals surface area contributed by atoms with Crippen molar-refractivity contribution in [1.29, 1.82) is 0 Å². The zero-order valence-corrected chi connectivity index (χ0v) is 13.7. The molecule has 1 saturated heterocycles. The summed E-state index contributed by atoms with van der Waals surface area (Å²) in [6, 6.07) is 0.0426. The van der Waals surface area contributed by atoms with E-state index in [0.29, 0.717) is 30.6 Å². The molecule has 0 bridgehead atoms. The highest BCUT2D eigenvalue weighted by molar-refractivity contribution is 7.91. The van der Waals surface area contributed by atoms with Crippen LogP contribution in [-0.2, 0) is 14.6 Å². The number of hydrogen-bond acceptors (Lipinski definition) is 4. The number of Topliss-reactive ketones (excluding diaryl/α,β-unsaturated/α-hetero) is 1. The van der Waals surface area contributed by atoms with E-state index in [0.717, 1.165) is 19.4 Å². The van der Waals surface area contributed by atoms with Crippen molar-refractivity contribution >= 4 is 15.6 Å². The Morgan fingerprint density at radius 1 is 1.35 bits per heavy atom. The molecule has 1 saturated carbocycles. The Kier molecular flexibility index (Phi) is 4.90. The molecule has 0 aromatic carbocycles. The first kappa shape index (κ1) is 16.0. The fourth-order valence-corrected chi connectivity index (χ4v) is 5.14. The van der Waals surface area contributed by atoms with Crippen molar-refractivity contribution in [2.45, 2.75) is 46.1 Å². The van der Waals surface area contributed by atoms with Crippen LogP contribution >= 0.6 is 0 Å². The molecule has 2 aliphatic rings. The van der Waals surface area contributed by atoms with Crippen molar-refractivity contribution in [3.05, 3.63) is 0 Å². The van der Waals surface area contributed by atoms with E-state index in [1.54, 1.807) is 0 Å². The topological polar surface area (TPSA) is 54.5 Å². The fraction of sp³-hybridized carbons (Fsp3) is 0.933. The second-order valence-corrected chi connectivity index (χ2v) is 9.13. The van der Waals surface area contributed by atoms with Crippen LogP contribution in [0.5, 0.6) is 0 Å². The van der Waals surface area contributed by atoms with Crippen LogP contribution < -0.4 is 0 Å². The first-order valence-electron chi connectivity index (χ1n) is 7.75. The van der Waals surface area contributed by atoms with Gasteiger partial charge in [0, 0.05) is 31.5 Å². The lowest BCUT2D eigenvalue weighted by molar-refractivity contribution is -0.126. The van der Waals surface area contributed by atoms with Crippen molar-refractivity contribution in [2.24, 2.45) is 17.8 Å². The minimum atomic E-state index is -2.87. The molecule has 3 atom stereocenters. The third kappa shape index (κ3) is 3.82. The molecule has 20 heavy (non-hydrogen) atoms. The highest BCUT2D eigenvalue weighted by atomic mass is 32.2. The van der Waals surface area contributed by atoms with Gasteiger partial charge in [0.25, 0.3) is 0 Å². The number of carbonyl (C=O) groups excluding carboxylic acids is 1. The average Bonchev–Trinajstić information content (AvgIpc) is 2.34. The first-order chi connectivity index (χ1) is 9.28. The maximum Gasteiger partial charge on any atom is 0.153 e. The number of carbonyl (C=O) groups is 1. The Labute approximate surface area is 122 Å². The Hall–Kier alpha value is -0.420. The van der Waals surface area contributed by atoms with Crippen LogP contribution in [0.4, 0.5) is 0 Å². The van der Waals surface area contributed by atoms with Crippen molar-refractivity contribution < 1.29 is 13.2 Å². The molecule has 0 aromatic heterocycles. The van der Waals surface area contributed by atoms with Crippen LogP contribution in [0.2, 0.25) is 0 Å². The summed E-state index contributed by atoms with van der Waals surface area (Å²) in [5.41, 5.74) is 0. The van der Waals surface area contributed by atoms with Crippen LogP contribution in [0, 0.1) is 17.8 Å². The summed E-state index contributed by atoms with van der Waals surface area (Å²) in [5, 5.41) is 0. The molecule has 0 N–H and O–H groups in total. The maximum atomic E-state index is 12.1. The molecule has 0 spiro atoms. The number of ketones is 1. The number of nitrogens with zero attached hydrogens (tertiary/aromatic N) is 1. The van der Waals surface area contributed by atoms with Crippen molar-refractivity contribution in [3.8, 4) is 0 Å². The van der Waals surface area contributed by atoms with Gasteiger partial charge in [-0.2, -0.15) is 0 Å². The quantitative estimate of drug-likeness (QED) is 0.797. The summed E-state index contributed by atoms with van der Waals surface area (Å²) >= 11 is 0. The highest BCUT2D eigenvalue weighted by Crippen LogP contribution is 2.32. The number of hydrogen-bond donors (Lipinski definition) is 0. The van der Waals surface area contributed by atoms with E-state index in [9.17, 15) is 13.2 Å². The van der Waals surface area contributed by atoms with E-state index in [2.05, 4.69) is 18.7 Å². The monoisotopic (exact) mass is 301 g/mol. The molecule has 0 radical (unpaired) electrons. The summed E-state index contributed by atoms with van der Waals surface area (Å²) in [5.74, 6) is 2.24. The maximum absolute atomic E-state index is 12.1. The third-order valence-corrected chi connectivity index (χ3v) is 6.80. The van der Waals surface area contributed by atoms with Crippen LogP contribution in [0.25, 0.3) is 0 Å². The standard InChI is InChI=1S/C15H27NO3S/c1-11(2)13-4-5-15(17)14(8-13)9-16-6-7-20(18,19)10-12(16)3/h11-14H,4-10H2,1-3H3. The van der Waals surface area contributed by atoms with Gasteiger partial charge in [-0.25, -0.2) is 8.42 Å². The fourth-order valence-electron chi connectivity index (χ4n) is 3.52. The predicted octanol–water partition coefficient (Wildman–Crippen LogP) is 1.75. The van der Waals surface area contributed by atoms with Gasteiger partial charge in [0.1, 0.15) is 5.78 Å². The third-order valence-electron chi connectivity index (χ3n) is 5.01. The SMILES string of the molecule is CC(C)C1CCC(=O)C(CN2CCS(=O)(=O)CC2C)C1. The Bertz CT molecular complexity index is 458. The minimum Gasteiger partial charge on any atom is -0.299 e. The minimum absolute atomic E-state index is 0.0426. The summed E-state index contributed by atoms with van der Waals surface area (Å²) in [6.45, 7) is 7.75. The number of sulfone groups is 1. The largest absolute Gasteiger partial charge is 0.299 e. The molecule has 5 heteroatoms. The van der Waals surface area contributed by atoms with Gasteiger partial charge in [-0.15, -0.1) is 0 Å². The van der Waals surface area contributed by atoms with Gasteiger partial charge in [0.15, 0.2) is 9.84 Å². The summed E-state index contributed by atoms with van der Waals surface area (Å²) in [7, 11) is -2.87. The zero-order chi connectivity index (χ0) is 14.9. The molecule has 0 aromatic rings. The zero-order valence-electron chi connectivity index (χ0n) is 12.8. The second-order valence-electron chi connectivity index (χ2n) is 6.90. The molecular formula is C15H27NO3S. The van der Waals surface area contributed by atoms with Gasteiger partial charge >= 0.3 is 0 Å². The van der Waals surface area contributed by atoms with E-state index in [1.165, 1.54) is 0 Å². The Morgan fingerprint density at radius 3 is 2.65 bits per heavy atom. The summed E-state index contributed by atoms with van der Waals surface area (Å²) in [4.78, 5) is 14.3. The first-order valence-corrected chi connectivity index (χ1v) is 9.58. The molecule has 116 valence electrons. The molecule has 1 heterocycles. The summed E-state index contributed by atoms with van der Waals surface area (Å²) in [6.07, 6.45) is 2.71.